The third-order valence-corrected chi connectivity index (χ3v) is 7.79. The first-order valence-electron chi connectivity index (χ1n) is 10.5. The summed E-state index contributed by atoms with van der Waals surface area (Å²) in [7, 11) is -2.08. The standard InChI is InChI=1S/C25H24BrN3O3S/c1-16(2)28(4)25(30)19-9-7-18(8-10-19)23-15-29(24-22(23)13-20(26)14-27-24)33(31,32)21-11-5-17(3)6-12-21/h5-16H,1-4H3. The molecule has 2 aromatic heterocycles. The molecule has 0 bridgehead atoms. The summed E-state index contributed by atoms with van der Waals surface area (Å²) >= 11 is 3.44. The number of hydrogen-bond donors (Lipinski definition) is 0. The molecule has 8 heteroatoms. The largest absolute Gasteiger partial charge is 0.339 e. The lowest BCUT2D eigenvalue weighted by atomic mass is 10.0. The Kier molecular flexibility index (Phi) is 6.16. The summed E-state index contributed by atoms with van der Waals surface area (Å²) in [5.41, 5.74) is 3.40. The number of halogens is 1. The van der Waals surface area contributed by atoms with E-state index in [2.05, 4.69) is 20.9 Å². The number of hydrogen-bond acceptors (Lipinski definition) is 4. The first-order chi connectivity index (χ1) is 15.6. The fraction of sp³-hybridized carbons (Fsp3) is 0.200. The van der Waals surface area contributed by atoms with Gasteiger partial charge in [-0.25, -0.2) is 17.4 Å². The maximum Gasteiger partial charge on any atom is 0.269 e. The molecule has 0 fully saturated rings. The molecule has 0 saturated carbocycles. The Morgan fingerprint density at radius 3 is 2.30 bits per heavy atom. The van der Waals surface area contributed by atoms with Crippen LogP contribution in [0.25, 0.3) is 22.2 Å². The van der Waals surface area contributed by atoms with Crippen molar-refractivity contribution in [2.75, 3.05) is 7.05 Å². The zero-order valence-electron chi connectivity index (χ0n) is 18.8. The number of aryl methyl sites for hydroxylation is 1. The van der Waals surface area contributed by atoms with Crippen LogP contribution in [0.3, 0.4) is 0 Å². The summed E-state index contributed by atoms with van der Waals surface area (Å²) in [4.78, 5) is 18.9. The van der Waals surface area contributed by atoms with Crippen molar-refractivity contribution in [2.45, 2.75) is 31.7 Å². The average Bonchev–Trinajstić information content (AvgIpc) is 3.18. The zero-order valence-corrected chi connectivity index (χ0v) is 21.2. The van der Waals surface area contributed by atoms with Crippen LogP contribution in [0.4, 0.5) is 0 Å². The van der Waals surface area contributed by atoms with E-state index in [9.17, 15) is 13.2 Å². The maximum atomic E-state index is 13.4. The molecule has 0 N–H and O–H groups in total. The summed E-state index contributed by atoms with van der Waals surface area (Å²) < 4.78 is 28.8. The highest BCUT2D eigenvalue weighted by Crippen LogP contribution is 2.34. The Hall–Kier alpha value is -2.97. The molecule has 2 heterocycles. The van der Waals surface area contributed by atoms with Crippen molar-refractivity contribution in [3.8, 4) is 11.1 Å². The minimum atomic E-state index is -3.85. The van der Waals surface area contributed by atoms with E-state index in [-0.39, 0.29) is 16.8 Å². The molecule has 33 heavy (non-hydrogen) atoms. The van der Waals surface area contributed by atoms with Crippen LogP contribution in [-0.4, -0.2) is 41.3 Å². The van der Waals surface area contributed by atoms with Crippen molar-refractivity contribution in [1.29, 1.82) is 0 Å². The number of fused-ring (bicyclic) bond motifs is 1. The van der Waals surface area contributed by atoms with Crippen molar-refractivity contribution in [2.24, 2.45) is 0 Å². The molecule has 0 unspecified atom stereocenters. The van der Waals surface area contributed by atoms with Gasteiger partial charge in [0.1, 0.15) is 0 Å². The van der Waals surface area contributed by atoms with Crippen LogP contribution in [0.2, 0.25) is 0 Å². The van der Waals surface area contributed by atoms with Crippen molar-refractivity contribution in [3.05, 3.63) is 82.6 Å². The summed E-state index contributed by atoms with van der Waals surface area (Å²) in [5.74, 6) is -0.0645. The van der Waals surface area contributed by atoms with Crippen molar-refractivity contribution in [3.63, 3.8) is 0 Å². The van der Waals surface area contributed by atoms with Gasteiger partial charge in [-0.1, -0.05) is 29.8 Å². The molecule has 170 valence electrons. The number of nitrogens with zero attached hydrogens (tertiary/aromatic N) is 3. The number of pyridine rings is 1. The molecular formula is C25H24BrN3O3S. The lowest BCUT2D eigenvalue weighted by Gasteiger charge is -2.21. The van der Waals surface area contributed by atoms with Crippen LogP contribution in [0.1, 0.15) is 29.8 Å². The van der Waals surface area contributed by atoms with E-state index in [4.69, 9.17) is 0 Å². The minimum absolute atomic E-state index is 0.0645. The van der Waals surface area contributed by atoms with E-state index in [1.165, 1.54) is 3.97 Å². The van der Waals surface area contributed by atoms with Crippen LogP contribution >= 0.6 is 15.9 Å². The molecule has 0 aliphatic rings. The highest BCUT2D eigenvalue weighted by atomic mass is 79.9. The van der Waals surface area contributed by atoms with Crippen molar-refractivity contribution < 1.29 is 13.2 Å². The number of carbonyl (C=O) groups excluding carboxylic acids is 1. The fourth-order valence-corrected chi connectivity index (χ4v) is 5.18. The first kappa shape index (κ1) is 23.2. The monoisotopic (exact) mass is 525 g/mol. The molecule has 0 atom stereocenters. The third-order valence-electron chi connectivity index (χ3n) is 5.69. The van der Waals surface area contributed by atoms with E-state index in [0.717, 1.165) is 15.6 Å². The van der Waals surface area contributed by atoms with Gasteiger partial charge in [0.2, 0.25) is 0 Å². The maximum absolute atomic E-state index is 13.4. The number of aromatic nitrogens is 2. The molecule has 0 spiro atoms. The quantitative estimate of drug-likeness (QED) is 0.345. The second-order valence-electron chi connectivity index (χ2n) is 8.27. The van der Waals surface area contributed by atoms with E-state index in [1.54, 1.807) is 60.7 Å². The molecule has 2 aromatic carbocycles. The fourth-order valence-electron chi connectivity index (χ4n) is 3.52. The van der Waals surface area contributed by atoms with Gasteiger partial charge < -0.3 is 4.90 Å². The smallest absolute Gasteiger partial charge is 0.269 e. The molecule has 0 aliphatic carbocycles. The van der Waals surface area contributed by atoms with Crippen molar-refractivity contribution >= 4 is 42.9 Å². The molecule has 0 saturated heterocycles. The predicted octanol–water partition coefficient (Wildman–Crippen LogP) is 5.49. The Morgan fingerprint density at radius 2 is 1.70 bits per heavy atom. The van der Waals surface area contributed by atoms with Crippen LogP contribution in [0.15, 0.2) is 76.4 Å². The van der Waals surface area contributed by atoms with Gasteiger partial charge in [-0.15, -0.1) is 0 Å². The molecule has 1 amide bonds. The van der Waals surface area contributed by atoms with Gasteiger partial charge in [0, 0.05) is 46.5 Å². The van der Waals surface area contributed by atoms with Gasteiger partial charge in [0.05, 0.1) is 4.90 Å². The number of benzene rings is 2. The van der Waals surface area contributed by atoms with Gasteiger partial charge >= 0.3 is 0 Å². The van der Waals surface area contributed by atoms with Crippen LogP contribution in [0, 0.1) is 6.92 Å². The Bertz CT molecular complexity index is 1440. The molecule has 4 aromatic rings. The lowest BCUT2D eigenvalue weighted by molar-refractivity contribution is 0.0755. The highest BCUT2D eigenvalue weighted by molar-refractivity contribution is 9.10. The summed E-state index contributed by atoms with van der Waals surface area (Å²) in [6, 6.07) is 15.9. The Morgan fingerprint density at radius 1 is 1.06 bits per heavy atom. The van der Waals surface area contributed by atoms with E-state index in [1.807, 2.05) is 39.0 Å². The number of carbonyl (C=O) groups is 1. The SMILES string of the molecule is Cc1ccc(S(=O)(=O)n2cc(-c3ccc(C(=O)N(C)C(C)C)cc3)c3cc(Br)cnc32)cc1. The molecule has 0 aliphatic heterocycles. The van der Waals surface area contributed by atoms with Gasteiger partial charge in [-0.05, 0) is 72.6 Å². The normalized spacial score (nSPS) is 11.8. The topological polar surface area (TPSA) is 72.3 Å². The van der Waals surface area contributed by atoms with E-state index in [0.29, 0.717) is 22.2 Å². The lowest BCUT2D eigenvalue weighted by Crippen LogP contribution is -2.32. The van der Waals surface area contributed by atoms with Crippen LogP contribution in [-0.2, 0) is 10.0 Å². The summed E-state index contributed by atoms with van der Waals surface area (Å²) in [6.07, 6.45) is 3.17. The first-order valence-corrected chi connectivity index (χ1v) is 12.7. The molecular weight excluding hydrogens is 502 g/mol. The molecule has 6 nitrogen and oxygen atoms in total. The zero-order chi connectivity index (χ0) is 23.9. The van der Waals surface area contributed by atoms with Crippen LogP contribution in [0.5, 0.6) is 0 Å². The highest BCUT2D eigenvalue weighted by Gasteiger charge is 2.23. The minimum Gasteiger partial charge on any atom is -0.339 e. The van der Waals surface area contributed by atoms with E-state index >= 15 is 0 Å². The van der Waals surface area contributed by atoms with Crippen molar-refractivity contribution in [1.82, 2.24) is 13.9 Å². The summed E-state index contributed by atoms with van der Waals surface area (Å²) in [5, 5.41) is 0.693. The average molecular weight is 526 g/mol. The Balaban J connectivity index is 1.84. The van der Waals surface area contributed by atoms with Crippen LogP contribution < -0.4 is 0 Å². The van der Waals surface area contributed by atoms with Gasteiger partial charge in [-0.3, -0.25) is 4.79 Å². The van der Waals surface area contributed by atoms with Gasteiger partial charge in [0.15, 0.2) is 5.65 Å². The second-order valence-corrected chi connectivity index (χ2v) is 11.0. The summed E-state index contributed by atoms with van der Waals surface area (Å²) in [6.45, 7) is 5.83. The third kappa shape index (κ3) is 4.32. The van der Waals surface area contributed by atoms with E-state index < -0.39 is 10.0 Å². The Labute approximate surface area is 202 Å². The van der Waals surface area contributed by atoms with Gasteiger partial charge in [0.25, 0.3) is 15.9 Å². The predicted molar refractivity (Wildman–Crippen MR) is 134 cm³/mol. The molecule has 4 rings (SSSR count). The molecule has 0 radical (unpaired) electrons. The number of amides is 1. The number of rotatable bonds is 5. The second kappa shape index (κ2) is 8.76. The van der Waals surface area contributed by atoms with Gasteiger partial charge in [-0.2, -0.15) is 0 Å².